The van der Waals surface area contributed by atoms with Crippen LogP contribution in [0.1, 0.15) is 0 Å². The Morgan fingerprint density at radius 1 is 1.45 bits per heavy atom. The van der Waals surface area contributed by atoms with Gasteiger partial charge in [0, 0.05) is 0 Å². The van der Waals surface area contributed by atoms with Crippen LogP contribution in [0.3, 0.4) is 0 Å². The molecule has 2 N–H and O–H groups in total. The monoisotopic (exact) mass is 153 g/mol. The molecule has 0 amide bonds. The summed E-state index contributed by atoms with van der Waals surface area (Å²) < 4.78 is 4.52. The van der Waals surface area contributed by atoms with E-state index in [0.29, 0.717) is 17.9 Å². The first-order chi connectivity index (χ1) is 5.38. The molecule has 0 aliphatic carbocycles. The minimum Gasteiger partial charge on any atom is -0.426 e. The number of ether oxygens (including phenoxy) is 1. The lowest BCUT2D eigenvalue weighted by Gasteiger charge is -2.03. The average molecular weight is 153 g/mol. The Hall–Kier alpha value is -1.55. The summed E-state index contributed by atoms with van der Waals surface area (Å²) in [6.07, 6.45) is 0. The molecule has 11 heavy (non-hydrogen) atoms. The van der Waals surface area contributed by atoms with Gasteiger partial charge in [-0.2, -0.15) is 0 Å². The highest BCUT2D eigenvalue weighted by Gasteiger charge is 1.98. The summed E-state index contributed by atoms with van der Waals surface area (Å²) in [6.45, 7) is 0.302. The average Bonchev–Trinajstić information content (AvgIpc) is 2.06. The van der Waals surface area contributed by atoms with Gasteiger partial charge in [-0.15, -0.1) is 0 Å². The van der Waals surface area contributed by atoms with Crippen LogP contribution in [0.25, 0.3) is 0 Å². The Labute approximate surface area is 63.4 Å². The zero-order chi connectivity index (χ0) is 8.10. The highest BCUT2D eigenvalue weighted by molar-refractivity contribution is 5.59. The molecule has 4 heteroatoms. The van der Waals surface area contributed by atoms with Gasteiger partial charge in [0.05, 0.1) is 0 Å². The van der Waals surface area contributed by atoms with E-state index >= 15 is 0 Å². The third-order valence-corrected chi connectivity index (χ3v) is 1.18. The fourth-order valence-corrected chi connectivity index (χ4v) is 0.714. The number of carbonyl (C=O) groups is 1. The van der Waals surface area contributed by atoms with Gasteiger partial charge in [0.2, 0.25) is 0 Å². The second-order valence-electron chi connectivity index (χ2n) is 1.82. The zero-order valence-electron chi connectivity index (χ0n) is 5.65. The topological polar surface area (TPSA) is 58.6 Å². The van der Waals surface area contributed by atoms with Crippen molar-refractivity contribution in [2.45, 2.75) is 0 Å². The van der Waals surface area contributed by atoms with E-state index in [1.807, 2.05) is 5.48 Å². The van der Waals surface area contributed by atoms with E-state index in [1.165, 1.54) is 0 Å². The van der Waals surface area contributed by atoms with Crippen LogP contribution in [0.15, 0.2) is 24.3 Å². The number of nitrogens with one attached hydrogen (secondary N) is 1. The number of para-hydroxylation sites is 2. The van der Waals surface area contributed by atoms with Gasteiger partial charge >= 0.3 is 0 Å². The molecule has 0 fully saturated rings. The number of hydrogen-bond acceptors (Lipinski definition) is 4. The second-order valence-corrected chi connectivity index (χ2v) is 1.82. The van der Waals surface area contributed by atoms with Crippen molar-refractivity contribution >= 4 is 12.2 Å². The molecular weight excluding hydrogens is 146 g/mol. The van der Waals surface area contributed by atoms with E-state index in [9.17, 15) is 4.79 Å². The van der Waals surface area contributed by atoms with Gasteiger partial charge in [0.15, 0.2) is 5.75 Å². The van der Waals surface area contributed by atoms with Crippen LogP contribution in [-0.4, -0.2) is 11.7 Å². The first kappa shape index (κ1) is 7.56. The number of carbonyl (C=O) groups excluding carboxylic acids is 1. The maximum absolute atomic E-state index is 9.91. The molecule has 0 aliphatic heterocycles. The quantitative estimate of drug-likeness (QED) is 0.502. The fraction of sp³-hybridized carbons (Fsp3) is 0. The summed E-state index contributed by atoms with van der Waals surface area (Å²) in [6, 6.07) is 6.54. The van der Waals surface area contributed by atoms with Gasteiger partial charge in [-0.3, -0.25) is 15.5 Å². The third kappa shape index (κ3) is 1.68. The Morgan fingerprint density at radius 3 is 2.82 bits per heavy atom. The van der Waals surface area contributed by atoms with Crippen molar-refractivity contribution in [3.63, 3.8) is 0 Å². The first-order valence-electron chi connectivity index (χ1n) is 2.98. The molecule has 0 bridgehead atoms. The summed E-state index contributed by atoms with van der Waals surface area (Å²) in [5.41, 5.74) is 2.26. The second kappa shape index (κ2) is 3.58. The molecular formula is C7H7NO3. The van der Waals surface area contributed by atoms with Crippen LogP contribution >= 0.6 is 0 Å². The number of hydrogen-bond donors (Lipinski definition) is 2. The minimum absolute atomic E-state index is 0.296. The molecule has 0 unspecified atom stereocenters. The smallest absolute Gasteiger partial charge is 0.298 e. The van der Waals surface area contributed by atoms with Gasteiger partial charge in [-0.05, 0) is 12.1 Å². The van der Waals surface area contributed by atoms with E-state index in [4.69, 9.17) is 5.21 Å². The van der Waals surface area contributed by atoms with E-state index in [-0.39, 0.29) is 0 Å². The molecule has 0 saturated carbocycles. The Balaban J connectivity index is 2.92. The van der Waals surface area contributed by atoms with Gasteiger partial charge < -0.3 is 4.74 Å². The lowest BCUT2D eigenvalue weighted by Crippen LogP contribution is -1.95. The predicted octanol–water partition coefficient (Wildman–Crippen LogP) is 1.02. The van der Waals surface area contributed by atoms with E-state index in [2.05, 4.69) is 4.74 Å². The van der Waals surface area contributed by atoms with Crippen LogP contribution < -0.4 is 10.2 Å². The Bertz CT molecular complexity index is 249. The van der Waals surface area contributed by atoms with Crippen molar-refractivity contribution in [2.75, 3.05) is 5.48 Å². The van der Waals surface area contributed by atoms with Crippen molar-refractivity contribution in [3.05, 3.63) is 24.3 Å². The molecule has 0 radical (unpaired) electrons. The summed E-state index contributed by atoms with van der Waals surface area (Å²) in [5.74, 6) is 0.296. The van der Waals surface area contributed by atoms with Crippen LogP contribution in [0.5, 0.6) is 5.75 Å². The molecule has 58 valence electrons. The van der Waals surface area contributed by atoms with Gasteiger partial charge in [0.25, 0.3) is 6.47 Å². The largest absolute Gasteiger partial charge is 0.426 e. The molecule has 1 rings (SSSR count). The van der Waals surface area contributed by atoms with E-state index in [0.717, 1.165) is 0 Å². The summed E-state index contributed by atoms with van der Waals surface area (Å²) >= 11 is 0. The molecule has 0 aliphatic rings. The molecule has 1 aromatic carbocycles. The zero-order valence-corrected chi connectivity index (χ0v) is 5.65. The standard InChI is InChI=1S/C7H7NO3/c9-5-11-7-4-2-1-3-6(7)8-10/h1-5,8,10H. The Morgan fingerprint density at radius 2 is 2.18 bits per heavy atom. The summed E-state index contributed by atoms with van der Waals surface area (Å²) in [5, 5.41) is 8.50. The molecule has 0 heterocycles. The molecule has 0 aromatic heterocycles. The van der Waals surface area contributed by atoms with Crippen molar-refractivity contribution in [2.24, 2.45) is 0 Å². The minimum atomic E-state index is 0.296. The fourth-order valence-electron chi connectivity index (χ4n) is 0.714. The summed E-state index contributed by atoms with van der Waals surface area (Å²) in [7, 11) is 0. The van der Waals surface area contributed by atoms with Gasteiger partial charge in [-0.1, -0.05) is 12.1 Å². The van der Waals surface area contributed by atoms with Crippen LogP contribution in [-0.2, 0) is 4.79 Å². The predicted molar refractivity (Wildman–Crippen MR) is 38.5 cm³/mol. The van der Waals surface area contributed by atoms with E-state index < -0.39 is 0 Å². The van der Waals surface area contributed by atoms with Crippen molar-refractivity contribution in [1.29, 1.82) is 0 Å². The SMILES string of the molecule is O=COc1ccccc1NO. The third-order valence-electron chi connectivity index (χ3n) is 1.18. The normalized spacial score (nSPS) is 8.82. The highest BCUT2D eigenvalue weighted by Crippen LogP contribution is 2.21. The molecule has 4 nitrogen and oxygen atoms in total. The lowest BCUT2D eigenvalue weighted by atomic mass is 10.3. The molecule has 1 aromatic rings. The first-order valence-corrected chi connectivity index (χ1v) is 2.98. The van der Waals surface area contributed by atoms with Crippen LogP contribution in [0.2, 0.25) is 0 Å². The van der Waals surface area contributed by atoms with Crippen molar-refractivity contribution in [3.8, 4) is 5.75 Å². The molecule has 0 atom stereocenters. The van der Waals surface area contributed by atoms with E-state index in [1.54, 1.807) is 24.3 Å². The van der Waals surface area contributed by atoms with Gasteiger partial charge in [-0.25, -0.2) is 0 Å². The maximum Gasteiger partial charge on any atom is 0.298 e. The van der Waals surface area contributed by atoms with Gasteiger partial charge in [0.1, 0.15) is 5.69 Å². The Kier molecular flexibility index (Phi) is 2.46. The van der Waals surface area contributed by atoms with Crippen molar-refractivity contribution in [1.82, 2.24) is 0 Å². The van der Waals surface area contributed by atoms with Crippen LogP contribution in [0.4, 0.5) is 5.69 Å². The molecule has 0 saturated heterocycles. The van der Waals surface area contributed by atoms with Crippen LogP contribution in [0, 0.1) is 0 Å². The maximum atomic E-state index is 9.91. The number of benzene rings is 1. The number of anilines is 1. The number of rotatable bonds is 3. The lowest BCUT2D eigenvalue weighted by molar-refractivity contribution is -0.120. The molecule has 0 spiro atoms. The van der Waals surface area contributed by atoms with Crippen molar-refractivity contribution < 1.29 is 14.7 Å². The highest BCUT2D eigenvalue weighted by atomic mass is 16.5. The summed E-state index contributed by atoms with van der Waals surface area (Å²) in [4.78, 5) is 9.91.